The van der Waals surface area contributed by atoms with Crippen LogP contribution in [0, 0.1) is 6.92 Å². The first-order valence-corrected chi connectivity index (χ1v) is 5.80. The lowest BCUT2D eigenvalue weighted by atomic mass is 10.2. The Bertz CT molecular complexity index is 580. The summed E-state index contributed by atoms with van der Waals surface area (Å²) >= 11 is 6.06. The highest BCUT2D eigenvalue weighted by atomic mass is 35.5. The van der Waals surface area contributed by atoms with Gasteiger partial charge in [-0.1, -0.05) is 35.0 Å². The molecule has 1 N–H and O–H groups in total. The number of halogens is 1. The van der Waals surface area contributed by atoms with Crippen LogP contribution in [0.25, 0.3) is 0 Å². The lowest BCUT2D eigenvalue weighted by Crippen LogP contribution is -2.06. The molecule has 0 aliphatic rings. The van der Waals surface area contributed by atoms with E-state index in [1.165, 1.54) is 0 Å². The first-order valence-electron chi connectivity index (χ1n) is 5.42. The van der Waals surface area contributed by atoms with Gasteiger partial charge in [-0.2, -0.15) is 0 Å². The zero-order valence-corrected chi connectivity index (χ0v) is 10.6. The summed E-state index contributed by atoms with van der Waals surface area (Å²) in [5.74, 6) is -0.914. The van der Waals surface area contributed by atoms with Crippen LogP contribution in [0.2, 0.25) is 5.02 Å². The molecule has 1 heterocycles. The van der Waals surface area contributed by atoms with Crippen LogP contribution in [0.4, 0.5) is 0 Å². The Morgan fingerprint density at radius 2 is 2.17 bits per heavy atom. The Hall–Kier alpha value is -1.88. The van der Waals surface area contributed by atoms with Crippen molar-refractivity contribution in [1.29, 1.82) is 0 Å². The van der Waals surface area contributed by atoms with E-state index in [0.29, 0.717) is 17.3 Å². The maximum absolute atomic E-state index is 10.6. The Morgan fingerprint density at radius 3 is 2.83 bits per heavy atom. The van der Waals surface area contributed by atoms with Crippen LogP contribution in [0.15, 0.2) is 24.3 Å². The molecule has 0 spiro atoms. The Morgan fingerprint density at radius 1 is 1.44 bits per heavy atom. The van der Waals surface area contributed by atoms with E-state index in [-0.39, 0.29) is 6.42 Å². The van der Waals surface area contributed by atoms with Crippen LogP contribution in [-0.2, 0) is 17.8 Å². The van der Waals surface area contributed by atoms with E-state index in [4.69, 9.17) is 16.7 Å². The molecule has 0 radical (unpaired) electrons. The Labute approximate surface area is 109 Å². The van der Waals surface area contributed by atoms with Crippen LogP contribution < -0.4 is 0 Å². The molecule has 0 aliphatic heterocycles. The van der Waals surface area contributed by atoms with E-state index < -0.39 is 5.97 Å². The number of benzene rings is 1. The zero-order chi connectivity index (χ0) is 13.1. The van der Waals surface area contributed by atoms with Crippen molar-refractivity contribution in [1.82, 2.24) is 15.0 Å². The molecule has 1 aromatic heterocycles. The van der Waals surface area contributed by atoms with Crippen LogP contribution >= 0.6 is 11.6 Å². The highest BCUT2D eigenvalue weighted by molar-refractivity contribution is 6.31. The SMILES string of the molecule is Cc1c(CC(=O)O)nnn1Cc1ccccc1Cl. The topological polar surface area (TPSA) is 68.0 Å². The molecule has 1 aromatic carbocycles. The third-order valence-corrected chi connectivity index (χ3v) is 3.04. The molecule has 0 saturated carbocycles. The molecule has 5 nitrogen and oxygen atoms in total. The summed E-state index contributed by atoms with van der Waals surface area (Å²) in [6, 6.07) is 7.46. The largest absolute Gasteiger partial charge is 0.481 e. The lowest BCUT2D eigenvalue weighted by Gasteiger charge is -2.05. The molecule has 18 heavy (non-hydrogen) atoms. The van der Waals surface area contributed by atoms with Crippen molar-refractivity contribution < 1.29 is 9.90 Å². The molecule has 94 valence electrons. The molecular weight excluding hydrogens is 254 g/mol. The van der Waals surface area contributed by atoms with Crippen molar-refractivity contribution in [3.05, 3.63) is 46.2 Å². The molecule has 2 aromatic rings. The van der Waals surface area contributed by atoms with E-state index in [9.17, 15) is 4.79 Å². The molecule has 0 unspecified atom stereocenters. The van der Waals surface area contributed by atoms with Crippen molar-refractivity contribution in [2.24, 2.45) is 0 Å². The number of nitrogens with zero attached hydrogens (tertiary/aromatic N) is 3. The molecule has 0 fully saturated rings. The summed E-state index contributed by atoms with van der Waals surface area (Å²) in [7, 11) is 0. The van der Waals surface area contributed by atoms with Gasteiger partial charge in [0.25, 0.3) is 0 Å². The standard InChI is InChI=1S/C12H12ClN3O2/c1-8-11(6-12(17)18)14-15-16(8)7-9-4-2-3-5-10(9)13/h2-5H,6-7H2,1H3,(H,17,18). The van der Waals surface area contributed by atoms with Gasteiger partial charge >= 0.3 is 5.97 Å². The van der Waals surface area contributed by atoms with E-state index in [1.807, 2.05) is 18.2 Å². The number of hydrogen-bond donors (Lipinski definition) is 1. The van der Waals surface area contributed by atoms with Gasteiger partial charge < -0.3 is 5.11 Å². The smallest absolute Gasteiger partial charge is 0.309 e. The van der Waals surface area contributed by atoms with E-state index in [2.05, 4.69) is 10.3 Å². The number of rotatable bonds is 4. The summed E-state index contributed by atoms with van der Waals surface area (Å²) in [6.45, 7) is 2.28. The summed E-state index contributed by atoms with van der Waals surface area (Å²) in [4.78, 5) is 10.6. The van der Waals surface area contributed by atoms with Crippen molar-refractivity contribution >= 4 is 17.6 Å². The van der Waals surface area contributed by atoms with Gasteiger partial charge in [-0.15, -0.1) is 5.10 Å². The average molecular weight is 266 g/mol. The monoisotopic (exact) mass is 265 g/mol. The van der Waals surface area contributed by atoms with Gasteiger partial charge in [0.15, 0.2) is 0 Å². The minimum Gasteiger partial charge on any atom is -0.481 e. The molecule has 0 saturated heterocycles. The normalized spacial score (nSPS) is 10.6. The van der Waals surface area contributed by atoms with Gasteiger partial charge in [-0.3, -0.25) is 4.79 Å². The maximum atomic E-state index is 10.6. The Kier molecular flexibility index (Phi) is 3.62. The van der Waals surface area contributed by atoms with E-state index in [0.717, 1.165) is 11.3 Å². The first-order chi connectivity index (χ1) is 8.58. The van der Waals surface area contributed by atoms with Crippen LogP contribution in [0.3, 0.4) is 0 Å². The summed E-state index contributed by atoms with van der Waals surface area (Å²) in [5, 5.41) is 17.2. The second-order valence-corrected chi connectivity index (χ2v) is 4.35. The van der Waals surface area contributed by atoms with Crippen LogP contribution in [-0.4, -0.2) is 26.1 Å². The van der Waals surface area contributed by atoms with Gasteiger partial charge in [-0.25, -0.2) is 4.68 Å². The average Bonchev–Trinajstić information content (AvgIpc) is 2.64. The number of aliphatic carboxylic acids is 1. The summed E-state index contributed by atoms with van der Waals surface area (Å²) in [5.41, 5.74) is 2.15. The molecule has 6 heteroatoms. The summed E-state index contributed by atoms with van der Waals surface area (Å²) < 4.78 is 1.65. The van der Waals surface area contributed by atoms with Gasteiger partial charge in [0.1, 0.15) is 0 Å². The number of hydrogen-bond acceptors (Lipinski definition) is 3. The highest BCUT2D eigenvalue weighted by Crippen LogP contribution is 2.17. The van der Waals surface area contributed by atoms with Crippen molar-refractivity contribution in [2.45, 2.75) is 19.9 Å². The fourth-order valence-corrected chi connectivity index (χ4v) is 1.84. The molecule has 2 rings (SSSR count). The van der Waals surface area contributed by atoms with Crippen molar-refractivity contribution in [3.63, 3.8) is 0 Å². The van der Waals surface area contributed by atoms with E-state index >= 15 is 0 Å². The maximum Gasteiger partial charge on any atom is 0.309 e. The van der Waals surface area contributed by atoms with Gasteiger partial charge in [-0.05, 0) is 18.6 Å². The summed E-state index contributed by atoms with van der Waals surface area (Å²) in [6.07, 6.45) is -0.117. The minimum absolute atomic E-state index is 0.117. The molecular formula is C12H12ClN3O2. The third kappa shape index (κ3) is 2.68. The second-order valence-electron chi connectivity index (χ2n) is 3.94. The fourth-order valence-electron chi connectivity index (χ4n) is 1.64. The van der Waals surface area contributed by atoms with E-state index in [1.54, 1.807) is 17.7 Å². The highest BCUT2D eigenvalue weighted by Gasteiger charge is 2.12. The molecule has 0 aliphatic carbocycles. The fraction of sp³-hybridized carbons (Fsp3) is 0.250. The number of carboxylic acids is 1. The quantitative estimate of drug-likeness (QED) is 0.917. The predicted molar refractivity (Wildman–Crippen MR) is 66.7 cm³/mol. The van der Waals surface area contributed by atoms with Crippen molar-refractivity contribution in [2.75, 3.05) is 0 Å². The van der Waals surface area contributed by atoms with Crippen molar-refractivity contribution in [3.8, 4) is 0 Å². The molecule has 0 bridgehead atoms. The number of aromatic nitrogens is 3. The first kappa shape index (κ1) is 12.6. The zero-order valence-electron chi connectivity index (χ0n) is 9.80. The lowest BCUT2D eigenvalue weighted by molar-refractivity contribution is -0.136. The van der Waals surface area contributed by atoms with Gasteiger partial charge in [0.2, 0.25) is 0 Å². The number of carbonyl (C=O) groups is 1. The second kappa shape index (κ2) is 5.18. The predicted octanol–water partition coefficient (Wildman–Crippen LogP) is 1.92. The number of carboxylic acid groups (broad SMARTS) is 1. The van der Waals surface area contributed by atoms with Crippen LogP contribution in [0.1, 0.15) is 17.0 Å². The van der Waals surface area contributed by atoms with Gasteiger partial charge in [0, 0.05) is 5.02 Å². The minimum atomic E-state index is -0.914. The molecule has 0 amide bonds. The Balaban J connectivity index is 2.23. The third-order valence-electron chi connectivity index (χ3n) is 2.67. The van der Waals surface area contributed by atoms with Gasteiger partial charge in [0.05, 0.1) is 24.4 Å². The van der Waals surface area contributed by atoms with Crippen LogP contribution in [0.5, 0.6) is 0 Å². The molecule has 0 atom stereocenters.